The first kappa shape index (κ1) is 54.2. The lowest BCUT2D eigenvalue weighted by Gasteiger charge is -2.29. The minimum absolute atomic E-state index is 0.314. The molecule has 0 aliphatic carbocycles. The van der Waals surface area contributed by atoms with Crippen LogP contribution in [0.15, 0.2) is 72.9 Å². The number of nitrogens with one attached hydrogen (secondary N) is 1. The van der Waals surface area contributed by atoms with Crippen LogP contribution in [0, 0.1) is 0 Å². The van der Waals surface area contributed by atoms with Gasteiger partial charge in [0.15, 0.2) is 0 Å². The van der Waals surface area contributed by atoms with Gasteiger partial charge >= 0.3 is 0 Å². The van der Waals surface area contributed by atoms with Gasteiger partial charge in [0, 0.05) is 45.8 Å². The van der Waals surface area contributed by atoms with Gasteiger partial charge < -0.3 is 25.5 Å². The Morgan fingerprint density at radius 2 is 0.786 bits per heavy atom. The zero-order valence-corrected chi connectivity index (χ0v) is 37.3. The molecule has 0 fully saturated rings. The molecule has 0 saturated heterocycles. The lowest BCUT2D eigenvalue weighted by molar-refractivity contribution is 0.0571. The highest BCUT2D eigenvalue weighted by Crippen LogP contribution is 2.10. The Labute approximate surface area is 348 Å². The third-order valence-electron chi connectivity index (χ3n) is 10.3. The van der Waals surface area contributed by atoms with Gasteiger partial charge in [-0.25, -0.2) is 0 Å². The average Bonchev–Trinajstić information content (AvgIpc) is 3.18. The number of aliphatic hydroxyl groups is 3. The van der Waals surface area contributed by atoms with Crippen LogP contribution in [0.2, 0.25) is 0 Å². The average molecular weight is 784 g/mol. The molecule has 0 aliphatic heterocycles. The Morgan fingerprint density at radius 3 is 1.16 bits per heavy atom. The third-order valence-corrected chi connectivity index (χ3v) is 10.3. The smallest absolute Gasteiger partial charge is 0.0667 e. The van der Waals surface area contributed by atoms with Crippen LogP contribution in [0.1, 0.15) is 175 Å². The third kappa shape index (κ3) is 41.8. The standard InChI is InChI=1S/C50H93N3O3/c1-5-8-11-14-17-20-23-26-29-32-35-38-48(54)45-51-41-42-52(4)43-44-53(46-49(55)39-36-33-30-27-24-21-18-15-12-9-6-2)47-50(56)40-37-34-31-28-25-22-19-16-13-10-7-3/h17-22,26-31,48-51,54-56H,5-16,23-25,32-47H2,1-4H3/b20-17-,21-18-,22-19-,29-26-,30-27-,31-28-. The van der Waals surface area contributed by atoms with Crippen molar-refractivity contribution in [2.45, 2.75) is 193 Å². The van der Waals surface area contributed by atoms with Gasteiger partial charge in [0.25, 0.3) is 0 Å². The SMILES string of the molecule is CCCCC/C=C\C/C=C\CCCC(O)CNCCN(C)CCN(CC(O)CCC/C=C\C/C=C\CCCCC)CC(O)CCC/C=C\C/C=C\CCCCC. The lowest BCUT2D eigenvalue weighted by Crippen LogP contribution is -2.43. The topological polar surface area (TPSA) is 79.2 Å². The number of rotatable bonds is 42. The van der Waals surface area contributed by atoms with Gasteiger partial charge in [-0.15, -0.1) is 0 Å². The number of allylic oxidation sites excluding steroid dienone is 12. The van der Waals surface area contributed by atoms with Crippen LogP contribution in [-0.4, -0.2) is 96.3 Å². The summed E-state index contributed by atoms with van der Waals surface area (Å²) in [6.07, 6.45) is 52.5. The molecule has 0 aromatic heterocycles. The highest BCUT2D eigenvalue weighted by Gasteiger charge is 2.16. The minimum Gasteiger partial charge on any atom is -0.392 e. The number of nitrogens with zero attached hydrogens (tertiary/aromatic N) is 2. The monoisotopic (exact) mass is 784 g/mol. The van der Waals surface area contributed by atoms with Crippen LogP contribution in [0.25, 0.3) is 0 Å². The van der Waals surface area contributed by atoms with Gasteiger partial charge in [0.1, 0.15) is 0 Å². The van der Waals surface area contributed by atoms with Gasteiger partial charge in [-0.1, -0.05) is 132 Å². The van der Waals surface area contributed by atoms with Crippen molar-refractivity contribution >= 4 is 0 Å². The molecule has 6 heteroatoms. The summed E-state index contributed by atoms with van der Waals surface area (Å²) in [4.78, 5) is 4.57. The summed E-state index contributed by atoms with van der Waals surface area (Å²) < 4.78 is 0. The van der Waals surface area contributed by atoms with E-state index in [0.717, 1.165) is 103 Å². The molecule has 0 aliphatic rings. The van der Waals surface area contributed by atoms with E-state index in [0.29, 0.717) is 19.6 Å². The van der Waals surface area contributed by atoms with E-state index < -0.39 is 12.2 Å². The predicted molar refractivity (Wildman–Crippen MR) is 247 cm³/mol. The maximum atomic E-state index is 11.0. The van der Waals surface area contributed by atoms with E-state index in [-0.39, 0.29) is 6.10 Å². The molecule has 0 spiro atoms. The first-order valence-electron chi connectivity index (χ1n) is 23.5. The highest BCUT2D eigenvalue weighted by atomic mass is 16.3. The summed E-state index contributed by atoms with van der Waals surface area (Å²) in [6, 6.07) is 0. The van der Waals surface area contributed by atoms with E-state index in [1.165, 1.54) is 77.0 Å². The fourth-order valence-electron chi connectivity index (χ4n) is 6.57. The van der Waals surface area contributed by atoms with Crippen molar-refractivity contribution in [1.29, 1.82) is 0 Å². The van der Waals surface area contributed by atoms with Crippen LogP contribution in [-0.2, 0) is 0 Å². The van der Waals surface area contributed by atoms with E-state index in [2.05, 4.69) is 116 Å². The molecule has 0 radical (unpaired) electrons. The Hall–Kier alpha value is -1.80. The van der Waals surface area contributed by atoms with Gasteiger partial charge in [-0.05, 0) is 123 Å². The quantitative estimate of drug-likeness (QED) is 0.0365. The molecule has 0 saturated carbocycles. The molecule has 0 amide bonds. The maximum absolute atomic E-state index is 11.0. The van der Waals surface area contributed by atoms with Crippen LogP contribution >= 0.6 is 0 Å². The van der Waals surface area contributed by atoms with Gasteiger partial charge in [0.05, 0.1) is 18.3 Å². The molecule has 3 unspecified atom stereocenters. The molecule has 0 rings (SSSR count). The molecule has 4 N–H and O–H groups in total. The highest BCUT2D eigenvalue weighted by molar-refractivity contribution is 4.94. The van der Waals surface area contributed by atoms with Gasteiger partial charge in [0.2, 0.25) is 0 Å². The number of likely N-dealkylation sites (N-methyl/N-ethyl adjacent to an activating group) is 1. The number of hydrogen-bond acceptors (Lipinski definition) is 6. The van der Waals surface area contributed by atoms with Crippen molar-refractivity contribution in [3.8, 4) is 0 Å². The second-order valence-corrected chi connectivity index (χ2v) is 16.0. The van der Waals surface area contributed by atoms with Crippen LogP contribution in [0.3, 0.4) is 0 Å². The molecular weight excluding hydrogens is 691 g/mol. The van der Waals surface area contributed by atoms with Crippen molar-refractivity contribution in [3.05, 3.63) is 72.9 Å². The van der Waals surface area contributed by atoms with Crippen molar-refractivity contribution in [3.63, 3.8) is 0 Å². The largest absolute Gasteiger partial charge is 0.392 e. The molecule has 3 atom stereocenters. The maximum Gasteiger partial charge on any atom is 0.0667 e. The summed E-state index contributed by atoms with van der Waals surface area (Å²) in [5, 5.41) is 35.8. The molecule has 56 heavy (non-hydrogen) atoms. The Balaban J connectivity index is 4.56. The Kier molecular flexibility index (Phi) is 42.9. The van der Waals surface area contributed by atoms with Crippen molar-refractivity contribution in [1.82, 2.24) is 15.1 Å². The number of hydrogen-bond donors (Lipinski definition) is 4. The second-order valence-electron chi connectivity index (χ2n) is 16.0. The zero-order chi connectivity index (χ0) is 41.0. The molecule has 0 bridgehead atoms. The van der Waals surface area contributed by atoms with E-state index in [1.807, 2.05) is 0 Å². The fourth-order valence-corrected chi connectivity index (χ4v) is 6.57. The van der Waals surface area contributed by atoms with Crippen LogP contribution in [0.4, 0.5) is 0 Å². The number of aliphatic hydroxyl groups excluding tert-OH is 3. The Bertz CT molecular complexity index is 929. The van der Waals surface area contributed by atoms with Crippen LogP contribution < -0.4 is 5.32 Å². The molecule has 0 aromatic rings. The fraction of sp³-hybridized carbons (Fsp3) is 0.760. The second kappa shape index (κ2) is 44.3. The minimum atomic E-state index is -0.395. The first-order valence-corrected chi connectivity index (χ1v) is 23.5. The molecule has 326 valence electrons. The summed E-state index contributed by atoms with van der Waals surface area (Å²) in [6.45, 7) is 11.9. The zero-order valence-electron chi connectivity index (χ0n) is 37.3. The molecular formula is C50H93N3O3. The predicted octanol–water partition coefficient (Wildman–Crippen LogP) is 11.7. The molecule has 0 aromatic carbocycles. The van der Waals surface area contributed by atoms with Crippen molar-refractivity contribution in [2.24, 2.45) is 0 Å². The first-order chi connectivity index (χ1) is 27.4. The Morgan fingerprint density at radius 1 is 0.429 bits per heavy atom. The normalized spacial score (nSPS) is 14.5. The van der Waals surface area contributed by atoms with E-state index >= 15 is 0 Å². The van der Waals surface area contributed by atoms with Gasteiger partial charge in [-0.3, -0.25) is 4.90 Å². The van der Waals surface area contributed by atoms with Crippen molar-refractivity contribution < 1.29 is 15.3 Å². The molecule has 6 nitrogen and oxygen atoms in total. The van der Waals surface area contributed by atoms with E-state index in [4.69, 9.17) is 0 Å². The van der Waals surface area contributed by atoms with Crippen molar-refractivity contribution in [2.75, 3.05) is 52.9 Å². The van der Waals surface area contributed by atoms with Gasteiger partial charge in [-0.2, -0.15) is 0 Å². The lowest BCUT2D eigenvalue weighted by atomic mass is 10.1. The van der Waals surface area contributed by atoms with E-state index in [9.17, 15) is 15.3 Å². The number of unbranched alkanes of at least 4 members (excludes halogenated alkanes) is 12. The van der Waals surface area contributed by atoms with E-state index in [1.54, 1.807) is 0 Å². The summed E-state index contributed by atoms with van der Waals surface area (Å²) >= 11 is 0. The summed E-state index contributed by atoms with van der Waals surface area (Å²) in [7, 11) is 2.13. The summed E-state index contributed by atoms with van der Waals surface area (Å²) in [5.41, 5.74) is 0. The summed E-state index contributed by atoms with van der Waals surface area (Å²) in [5.74, 6) is 0. The van der Waals surface area contributed by atoms with Crippen LogP contribution in [0.5, 0.6) is 0 Å². The molecule has 0 heterocycles.